The summed E-state index contributed by atoms with van der Waals surface area (Å²) < 4.78 is 55.4. The van der Waals surface area contributed by atoms with Gasteiger partial charge >= 0.3 is 13.9 Å². The van der Waals surface area contributed by atoms with Gasteiger partial charge in [-0.05, 0) is 19.1 Å². The van der Waals surface area contributed by atoms with Crippen LogP contribution in [0.4, 0.5) is 8.78 Å². The van der Waals surface area contributed by atoms with Crippen molar-refractivity contribution in [3.8, 4) is 5.75 Å². The average Bonchev–Trinajstić information content (AvgIpc) is 2.65. The Morgan fingerprint density at radius 3 is 2.54 bits per heavy atom. The standard InChI is InChI=1S/C16H17F2N2O7P/c1-11(21)16(18,10-25-28(24)27-12-5-3-2-4-6-12)26-14(9-17)20-8-7-13(22)19-15(20)23/h2-8,11,14,21H,9-10H2,1H3/p+1/t11-,14?,16+/m0/s1. The Labute approximate surface area is 158 Å². The highest BCUT2D eigenvalue weighted by Gasteiger charge is 2.44. The van der Waals surface area contributed by atoms with Crippen molar-refractivity contribution >= 4 is 8.25 Å². The lowest BCUT2D eigenvalue weighted by molar-refractivity contribution is -0.260. The predicted octanol–water partition coefficient (Wildman–Crippen LogP) is 1.82. The van der Waals surface area contributed by atoms with E-state index in [1.54, 1.807) is 18.2 Å². The minimum Gasteiger partial charge on any atom is -0.387 e. The third-order valence-corrected chi connectivity index (χ3v) is 4.24. The maximum atomic E-state index is 15.0. The number of ether oxygens (including phenoxy) is 1. The van der Waals surface area contributed by atoms with E-state index < -0.39 is 51.0 Å². The zero-order valence-electron chi connectivity index (χ0n) is 14.7. The number of aliphatic hydroxyl groups is 1. The molecule has 2 unspecified atom stereocenters. The van der Waals surface area contributed by atoms with E-state index in [4.69, 9.17) is 13.8 Å². The molecule has 152 valence electrons. The first kappa shape index (κ1) is 21.8. The van der Waals surface area contributed by atoms with Crippen molar-refractivity contribution in [3.05, 3.63) is 63.4 Å². The van der Waals surface area contributed by atoms with Crippen molar-refractivity contribution in [1.29, 1.82) is 0 Å². The second-order valence-corrected chi connectivity index (χ2v) is 6.50. The summed E-state index contributed by atoms with van der Waals surface area (Å²) in [4.78, 5) is 24.7. The molecule has 2 N–H and O–H groups in total. The number of para-hydroxylation sites is 1. The van der Waals surface area contributed by atoms with E-state index in [0.717, 1.165) is 19.2 Å². The molecule has 4 atom stereocenters. The van der Waals surface area contributed by atoms with Crippen LogP contribution in [0.1, 0.15) is 13.2 Å². The number of benzene rings is 1. The summed E-state index contributed by atoms with van der Waals surface area (Å²) in [5.74, 6) is -2.83. The molecular formula is C16H18F2N2O7P+. The van der Waals surface area contributed by atoms with E-state index in [2.05, 4.69) is 0 Å². The molecule has 1 heterocycles. The summed E-state index contributed by atoms with van der Waals surface area (Å²) >= 11 is 0. The van der Waals surface area contributed by atoms with Gasteiger partial charge in [-0.3, -0.25) is 14.3 Å². The highest BCUT2D eigenvalue weighted by Crippen LogP contribution is 2.32. The van der Waals surface area contributed by atoms with E-state index in [9.17, 15) is 23.7 Å². The maximum Gasteiger partial charge on any atom is 0.750 e. The summed E-state index contributed by atoms with van der Waals surface area (Å²) in [6.45, 7) is -1.45. The van der Waals surface area contributed by atoms with Gasteiger partial charge in [0.25, 0.3) is 11.4 Å². The number of aromatic nitrogens is 2. The summed E-state index contributed by atoms with van der Waals surface area (Å²) in [6, 6.07) is 8.83. The Morgan fingerprint density at radius 1 is 1.29 bits per heavy atom. The van der Waals surface area contributed by atoms with Crippen LogP contribution in [-0.4, -0.2) is 39.9 Å². The van der Waals surface area contributed by atoms with Crippen molar-refractivity contribution in [3.63, 3.8) is 0 Å². The highest BCUT2D eigenvalue weighted by atomic mass is 31.1. The zero-order chi connectivity index (χ0) is 20.7. The summed E-state index contributed by atoms with van der Waals surface area (Å²) in [7, 11) is -2.83. The van der Waals surface area contributed by atoms with Gasteiger partial charge in [0.1, 0.15) is 12.8 Å². The van der Waals surface area contributed by atoms with E-state index in [1.807, 2.05) is 4.98 Å². The van der Waals surface area contributed by atoms with Crippen LogP contribution in [0.2, 0.25) is 0 Å². The van der Waals surface area contributed by atoms with Gasteiger partial charge in [0.05, 0.1) is 0 Å². The van der Waals surface area contributed by atoms with Gasteiger partial charge in [0, 0.05) is 16.8 Å². The second-order valence-electron chi connectivity index (χ2n) is 5.61. The van der Waals surface area contributed by atoms with Gasteiger partial charge < -0.3 is 9.84 Å². The van der Waals surface area contributed by atoms with Crippen molar-refractivity contribution in [2.75, 3.05) is 13.3 Å². The third kappa shape index (κ3) is 5.77. The van der Waals surface area contributed by atoms with Crippen LogP contribution in [0.25, 0.3) is 0 Å². The topological polar surface area (TPSA) is 120 Å². The van der Waals surface area contributed by atoms with Gasteiger partial charge in [-0.25, -0.2) is 18.1 Å². The number of rotatable bonds is 10. The molecule has 9 nitrogen and oxygen atoms in total. The fourth-order valence-corrected chi connectivity index (χ4v) is 2.66. The molecule has 0 amide bonds. The molecule has 0 saturated heterocycles. The van der Waals surface area contributed by atoms with Crippen LogP contribution in [0.5, 0.6) is 5.75 Å². The van der Waals surface area contributed by atoms with Crippen LogP contribution in [0.15, 0.2) is 52.2 Å². The van der Waals surface area contributed by atoms with E-state index in [0.29, 0.717) is 4.57 Å². The van der Waals surface area contributed by atoms with E-state index in [-0.39, 0.29) is 5.75 Å². The van der Waals surface area contributed by atoms with Crippen LogP contribution in [-0.2, 0) is 13.8 Å². The van der Waals surface area contributed by atoms with Gasteiger partial charge in [-0.1, -0.05) is 18.2 Å². The van der Waals surface area contributed by atoms with Gasteiger partial charge in [0.15, 0.2) is 18.6 Å². The number of hydrogen-bond donors (Lipinski definition) is 2. The van der Waals surface area contributed by atoms with E-state index in [1.165, 1.54) is 12.1 Å². The number of alkyl halides is 2. The number of hydrogen-bond acceptors (Lipinski definition) is 7. The Morgan fingerprint density at radius 2 is 1.96 bits per heavy atom. The quantitative estimate of drug-likeness (QED) is 0.564. The Hall–Kier alpha value is -2.46. The zero-order valence-corrected chi connectivity index (χ0v) is 15.6. The molecule has 2 aromatic rings. The molecule has 0 spiro atoms. The summed E-state index contributed by atoms with van der Waals surface area (Å²) in [5.41, 5.74) is -1.78. The minimum atomic E-state index is -3.03. The average molecular weight is 419 g/mol. The summed E-state index contributed by atoms with van der Waals surface area (Å²) in [5, 5.41) is 9.70. The second kappa shape index (κ2) is 9.65. The van der Waals surface area contributed by atoms with Crippen molar-refractivity contribution in [2.45, 2.75) is 25.1 Å². The molecule has 1 aromatic heterocycles. The molecular weight excluding hydrogens is 401 g/mol. The van der Waals surface area contributed by atoms with Crippen LogP contribution >= 0.6 is 8.25 Å². The molecule has 12 heteroatoms. The number of nitrogens with one attached hydrogen (secondary N) is 1. The monoisotopic (exact) mass is 419 g/mol. The van der Waals surface area contributed by atoms with Gasteiger partial charge in [-0.2, -0.15) is 0 Å². The highest BCUT2D eigenvalue weighted by molar-refractivity contribution is 7.33. The van der Waals surface area contributed by atoms with Crippen LogP contribution in [0.3, 0.4) is 0 Å². The largest absolute Gasteiger partial charge is 0.750 e. The molecule has 2 rings (SSSR count). The molecule has 0 aliphatic heterocycles. The van der Waals surface area contributed by atoms with Crippen molar-refractivity contribution in [1.82, 2.24) is 9.55 Å². The molecule has 28 heavy (non-hydrogen) atoms. The molecule has 0 aliphatic carbocycles. The molecule has 0 aliphatic rings. The Kier molecular flexibility index (Phi) is 7.53. The first-order chi connectivity index (χ1) is 13.2. The van der Waals surface area contributed by atoms with Gasteiger partial charge in [0.2, 0.25) is 0 Å². The number of aromatic amines is 1. The van der Waals surface area contributed by atoms with Crippen LogP contribution in [0, 0.1) is 0 Å². The first-order valence-electron chi connectivity index (χ1n) is 8.00. The minimum absolute atomic E-state index is 0.201. The lowest BCUT2D eigenvalue weighted by Crippen LogP contribution is -2.46. The van der Waals surface area contributed by atoms with Crippen LogP contribution < -0.4 is 15.8 Å². The van der Waals surface area contributed by atoms with Gasteiger partial charge in [-0.15, -0.1) is 4.52 Å². The predicted molar refractivity (Wildman–Crippen MR) is 93.6 cm³/mol. The fourth-order valence-electron chi connectivity index (χ4n) is 2.03. The number of nitrogens with zero attached hydrogens (tertiary/aromatic N) is 1. The Balaban J connectivity index is 2.09. The van der Waals surface area contributed by atoms with Crippen molar-refractivity contribution < 1.29 is 32.2 Å². The maximum absolute atomic E-state index is 15.0. The number of aliphatic hydroxyl groups excluding tert-OH is 1. The lowest BCUT2D eigenvalue weighted by Gasteiger charge is -2.30. The SMILES string of the molecule is C[C@H](O)[C@@](F)(CO[P+](=O)Oc1ccccc1)OC(CF)n1ccc(=O)[nH]c1=O. The summed E-state index contributed by atoms with van der Waals surface area (Å²) in [6.07, 6.45) is -2.76. The number of halogens is 2. The van der Waals surface area contributed by atoms with Crippen molar-refractivity contribution in [2.24, 2.45) is 0 Å². The molecule has 0 fully saturated rings. The number of H-pyrrole nitrogens is 1. The lowest BCUT2D eigenvalue weighted by atomic mass is 10.2. The first-order valence-corrected chi connectivity index (χ1v) is 9.10. The molecule has 0 radical (unpaired) electrons. The smallest absolute Gasteiger partial charge is 0.387 e. The normalized spacial score (nSPS) is 16.1. The third-order valence-electron chi connectivity index (χ3n) is 3.54. The molecule has 0 bridgehead atoms. The molecule has 1 aromatic carbocycles. The fraction of sp³-hybridized carbons (Fsp3) is 0.375. The Bertz CT molecular complexity index is 906. The molecule has 0 saturated carbocycles. The van der Waals surface area contributed by atoms with E-state index >= 15 is 4.39 Å².